The molecule has 56 heavy (non-hydrogen) atoms. The van der Waals surface area contributed by atoms with Gasteiger partial charge >= 0.3 is 11.9 Å². The summed E-state index contributed by atoms with van der Waals surface area (Å²) in [5, 5.41) is 40.1. The lowest BCUT2D eigenvalue weighted by Gasteiger charge is -2.39. The largest absolute Gasteiger partial charge is 0.462 e. The SMILES string of the molecule is CC/C=C\C/C=C\C/C=C\CCCCCCCCCC(=O)OC(COC(=O)CCCCCCC/C=C\CCCCCCC)COC1OC(CO)C(O)C(O)C1O. The van der Waals surface area contributed by atoms with Gasteiger partial charge in [-0.1, -0.05) is 140 Å². The topological polar surface area (TPSA) is 152 Å². The van der Waals surface area contributed by atoms with Crippen LogP contribution in [0.25, 0.3) is 0 Å². The summed E-state index contributed by atoms with van der Waals surface area (Å²) in [7, 11) is 0. The summed E-state index contributed by atoms with van der Waals surface area (Å²) in [6.45, 7) is 3.28. The predicted octanol–water partition coefficient (Wildman–Crippen LogP) is 9.27. The number of rotatable bonds is 36. The molecule has 6 atom stereocenters. The molecule has 4 N–H and O–H groups in total. The van der Waals surface area contributed by atoms with Gasteiger partial charge in [-0.15, -0.1) is 0 Å². The Morgan fingerprint density at radius 1 is 0.571 bits per heavy atom. The molecule has 0 aromatic rings. The van der Waals surface area contributed by atoms with E-state index in [4.69, 9.17) is 18.9 Å². The molecular formula is C46H80O10. The standard InChI is InChI=1S/C46H80O10/c1-3-5-7-9-11-13-15-17-19-20-21-23-25-27-29-31-33-35-42(49)55-39(38-54-46-45(52)44(51)43(50)40(36-47)56-46)37-53-41(48)34-32-30-28-26-24-22-18-16-14-12-10-8-6-4-2/h5,7,11,13,16-19,39-40,43-47,50-52H,3-4,6,8-10,12,14-15,20-38H2,1-2H3/b7-5-,13-11-,18-16-,19-17-. The van der Waals surface area contributed by atoms with Gasteiger partial charge in [0.15, 0.2) is 12.4 Å². The summed E-state index contributed by atoms with van der Waals surface area (Å²) in [5.74, 6) is -0.829. The first-order valence-corrected chi connectivity index (χ1v) is 22.2. The number of hydrogen-bond acceptors (Lipinski definition) is 10. The monoisotopic (exact) mass is 793 g/mol. The molecule has 1 rings (SSSR count). The van der Waals surface area contributed by atoms with Crippen LogP contribution in [0.4, 0.5) is 0 Å². The van der Waals surface area contributed by atoms with Gasteiger partial charge in [-0.05, 0) is 70.6 Å². The summed E-state index contributed by atoms with van der Waals surface area (Å²) in [6, 6.07) is 0. The van der Waals surface area contributed by atoms with Crippen molar-refractivity contribution < 1.29 is 49.0 Å². The quantitative estimate of drug-likeness (QED) is 0.0275. The Labute approximate surface area is 339 Å². The van der Waals surface area contributed by atoms with Gasteiger partial charge in [-0.2, -0.15) is 0 Å². The lowest BCUT2D eigenvalue weighted by Crippen LogP contribution is -2.59. The minimum atomic E-state index is -1.60. The molecule has 1 fully saturated rings. The fourth-order valence-corrected chi connectivity index (χ4v) is 6.43. The number of carbonyl (C=O) groups is 2. The molecule has 1 aliphatic heterocycles. The molecule has 10 heteroatoms. The molecule has 0 aromatic carbocycles. The van der Waals surface area contributed by atoms with E-state index in [0.29, 0.717) is 12.8 Å². The van der Waals surface area contributed by atoms with Crippen molar-refractivity contribution in [1.29, 1.82) is 0 Å². The Balaban J connectivity index is 2.35. The number of aliphatic hydroxyl groups excluding tert-OH is 4. The van der Waals surface area contributed by atoms with E-state index < -0.39 is 49.4 Å². The third kappa shape index (κ3) is 28.1. The maximum absolute atomic E-state index is 12.8. The Morgan fingerprint density at radius 2 is 1.05 bits per heavy atom. The first-order chi connectivity index (χ1) is 27.3. The molecule has 0 aliphatic carbocycles. The van der Waals surface area contributed by atoms with Gasteiger partial charge in [-0.3, -0.25) is 9.59 Å². The molecule has 0 aromatic heterocycles. The smallest absolute Gasteiger partial charge is 0.306 e. The van der Waals surface area contributed by atoms with Crippen LogP contribution in [0, 0.1) is 0 Å². The summed E-state index contributed by atoms with van der Waals surface area (Å²) in [5.41, 5.74) is 0. The molecule has 0 bridgehead atoms. The second-order valence-electron chi connectivity index (χ2n) is 15.1. The van der Waals surface area contributed by atoms with Gasteiger partial charge in [0.1, 0.15) is 31.0 Å². The second-order valence-corrected chi connectivity index (χ2v) is 15.1. The average molecular weight is 793 g/mol. The zero-order chi connectivity index (χ0) is 40.9. The summed E-state index contributed by atoms with van der Waals surface area (Å²) in [6.07, 6.45) is 35.4. The van der Waals surface area contributed by atoms with Gasteiger partial charge < -0.3 is 39.4 Å². The molecular weight excluding hydrogens is 712 g/mol. The zero-order valence-electron chi connectivity index (χ0n) is 35.1. The number of allylic oxidation sites excluding steroid dienone is 8. The van der Waals surface area contributed by atoms with Crippen LogP contribution in [-0.2, 0) is 28.5 Å². The van der Waals surface area contributed by atoms with E-state index in [-0.39, 0.29) is 32.0 Å². The number of esters is 2. The van der Waals surface area contributed by atoms with Gasteiger partial charge in [0, 0.05) is 12.8 Å². The predicted molar refractivity (Wildman–Crippen MR) is 224 cm³/mol. The lowest BCUT2D eigenvalue weighted by molar-refractivity contribution is -0.305. The summed E-state index contributed by atoms with van der Waals surface area (Å²) >= 11 is 0. The van der Waals surface area contributed by atoms with Crippen LogP contribution in [-0.4, -0.2) is 89.0 Å². The van der Waals surface area contributed by atoms with Crippen molar-refractivity contribution in [3.8, 4) is 0 Å². The number of carbonyl (C=O) groups excluding carboxylic acids is 2. The molecule has 0 saturated carbocycles. The number of unbranched alkanes of at least 4 members (excludes halogenated alkanes) is 17. The van der Waals surface area contributed by atoms with Crippen LogP contribution in [0.1, 0.15) is 174 Å². The van der Waals surface area contributed by atoms with E-state index in [1.165, 1.54) is 57.8 Å². The first kappa shape index (κ1) is 51.7. The van der Waals surface area contributed by atoms with Crippen molar-refractivity contribution in [2.24, 2.45) is 0 Å². The Hall–Kier alpha value is -2.34. The average Bonchev–Trinajstić information content (AvgIpc) is 3.19. The van der Waals surface area contributed by atoms with Crippen molar-refractivity contribution in [1.82, 2.24) is 0 Å². The van der Waals surface area contributed by atoms with Gasteiger partial charge in [0.05, 0.1) is 13.2 Å². The van der Waals surface area contributed by atoms with Crippen molar-refractivity contribution in [2.75, 3.05) is 19.8 Å². The van der Waals surface area contributed by atoms with E-state index in [2.05, 4.69) is 62.5 Å². The highest BCUT2D eigenvalue weighted by Gasteiger charge is 2.44. The molecule has 1 saturated heterocycles. The minimum absolute atomic E-state index is 0.216. The Morgan fingerprint density at radius 3 is 1.61 bits per heavy atom. The van der Waals surface area contributed by atoms with Gasteiger partial charge in [-0.25, -0.2) is 0 Å². The molecule has 1 aliphatic rings. The van der Waals surface area contributed by atoms with E-state index in [1.54, 1.807) is 0 Å². The Kier molecular flexibility index (Phi) is 34.1. The van der Waals surface area contributed by atoms with Crippen LogP contribution in [0.5, 0.6) is 0 Å². The highest BCUT2D eigenvalue weighted by atomic mass is 16.7. The van der Waals surface area contributed by atoms with Crippen molar-refractivity contribution >= 4 is 11.9 Å². The van der Waals surface area contributed by atoms with Crippen molar-refractivity contribution in [3.05, 3.63) is 48.6 Å². The third-order valence-corrected chi connectivity index (χ3v) is 9.95. The molecule has 1 heterocycles. The van der Waals surface area contributed by atoms with Crippen molar-refractivity contribution in [3.63, 3.8) is 0 Å². The molecule has 6 unspecified atom stereocenters. The highest BCUT2D eigenvalue weighted by molar-refractivity contribution is 5.70. The van der Waals surface area contributed by atoms with Crippen LogP contribution in [0.2, 0.25) is 0 Å². The van der Waals surface area contributed by atoms with Gasteiger partial charge in [0.2, 0.25) is 0 Å². The van der Waals surface area contributed by atoms with E-state index >= 15 is 0 Å². The normalized spacial score (nSPS) is 20.9. The van der Waals surface area contributed by atoms with Crippen LogP contribution >= 0.6 is 0 Å². The van der Waals surface area contributed by atoms with Crippen LogP contribution in [0.15, 0.2) is 48.6 Å². The van der Waals surface area contributed by atoms with Crippen LogP contribution < -0.4 is 0 Å². The fraction of sp³-hybridized carbons (Fsp3) is 0.783. The molecule has 10 nitrogen and oxygen atoms in total. The maximum atomic E-state index is 12.8. The van der Waals surface area contributed by atoms with E-state index in [9.17, 15) is 30.0 Å². The third-order valence-electron chi connectivity index (χ3n) is 9.95. The fourth-order valence-electron chi connectivity index (χ4n) is 6.43. The van der Waals surface area contributed by atoms with Gasteiger partial charge in [0.25, 0.3) is 0 Å². The zero-order valence-corrected chi connectivity index (χ0v) is 35.1. The number of ether oxygens (including phenoxy) is 4. The van der Waals surface area contributed by atoms with E-state index in [0.717, 1.165) is 77.0 Å². The number of aliphatic hydroxyl groups is 4. The lowest BCUT2D eigenvalue weighted by atomic mass is 9.99. The highest BCUT2D eigenvalue weighted by Crippen LogP contribution is 2.22. The molecule has 0 radical (unpaired) electrons. The summed E-state index contributed by atoms with van der Waals surface area (Å²) in [4.78, 5) is 25.3. The Bertz CT molecular complexity index is 1050. The first-order valence-electron chi connectivity index (χ1n) is 22.2. The summed E-state index contributed by atoms with van der Waals surface area (Å²) < 4.78 is 22.1. The molecule has 324 valence electrons. The van der Waals surface area contributed by atoms with Crippen LogP contribution in [0.3, 0.4) is 0 Å². The number of hydrogen-bond donors (Lipinski definition) is 4. The second kappa shape index (κ2) is 37.0. The molecule has 0 amide bonds. The van der Waals surface area contributed by atoms with Crippen molar-refractivity contribution in [2.45, 2.75) is 211 Å². The molecule has 0 spiro atoms. The van der Waals surface area contributed by atoms with E-state index in [1.807, 2.05) is 0 Å². The minimum Gasteiger partial charge on any atom is -0.462 e. The maximum Gasteiger partial charge on any atom is 0.306 e.